The van der Waals surface area contributed by atoms with Gasteiger partial charge < -0.3 is 8.85 Å². The summed E-state index contributed by atoms with van der Waals surface area (Å²) in [6, 6.07) is 2.20. The summed E-state index contributed by atoms with van der Waals surface area (Å²) in [5.74, 6) is 5.08. The molecule has 0 amide bonds. The number of allylic oxidation sites excluding steroid dienone is 2. The van der Waals surface area contributed by atoms with Gasteiger partial charge in [-0.1, -0.05) is 106 Å². The minimum absolute atomic E-state index is 0.470. The first kappa shape index (κ1) is 34.7. The molecule has 8 atom stereocenters. The van der Waals surface area contributed by atoms with E-state index in [2.05, 4.69) is 80.7 Å². The van der Waals surface area contributed by atoms with Crippen molar-refractivity contribution in [3.63, 3.8) is 0 Å². The van der Waals surface area contributed by atoms with Crippen LogP contribution in [0.1, 0.15) is 132 Å². The third-order valence-corrected chi connectivity index (χ3v) is 24.6. The lowest BCUT2D eigenvalue weighted by Gasteiger charge is -2.43. The van der Waals surface area contributed by atoms with E-state index in [0.29, 0.717) is 34.4 Å². The molecule has 4 heteroatoms. The third kappa shape index (κ3) is 6.97. The molecule has 0 spiro atoms. The van der Waals surface area contributed by atoms with Crippen LogP contribution in [-0.4, -0.2) is 28.8 Å². The molecule has 0 N–H and O–H groups in total. The van der Waals surface area contributed by atoms with Crippen LogP contribution >= 0.6 is 0 Å². The summed E-state index contributed by atoms with van der Waals surface area (Å²) < 4.78 is 15.2. The van der Waals surface area contributed by atoms with E-state index >= 15 is 0 Å². The van der Waals surface area contributed by atoms with Crippen LogP contribution in [0.2, 0.25) is 34.3 Å². The molecule has 4 rings (SSSR count). The summed E-state index contributed by atoms with van der Waals surface area (Å²) in [5, 5.41) is 0. The Morgan fingerprint density at radius 3 is 1.21 bits per heavy atom. The first-order valence-electron chi connectivity index (χ1n) is 18.6. The van der Waals surface area contributed by atoms with Crippen LogP contribution < -0.4 is 0 Å². The molecule has 0 aliphatic heterocycles. The van der Waals surface area contributed by atoms with Crippen LogP contribution in [0.5, 0.6) is 0 Å². The smallest absolute Gasteiger partial charge is 0.201 e. The Morgan fingerprint density at radius 2 is 0.905 bits per heavy atom. The molecule has 4 saturated carbocycles. The van der Waals surface area contributed by atoms with E-state index in [0.717, 1.165) is 47.6 Å². The summed E-state index contributed by atoms with van der Waals surface area (Å²) in [6.07, 6.45) is 22.2. The Bertz CT molecular complexity index is 779. The highest BCUT2D eigenvalue weighted by Crippen LogP contribution is 2.55. The fourth-order valence-electron chi connectivity index (χ4n) is 11.1. The molecule has 0 aromatic rings. The molecule has 4 aliphatic rings. The van der Waals surface area contributed by atoms with Gasteiger partial charge in [-0.05, 0) is 108 Å². The molecule has 42 heavy (non-hydrogen) atoms. The van der Waals surface area contributed by atoms with E-state index in [1.165, 1.54) is 77.0 Å². The Morgan fingerprint density at radius 1 is 0.571 bits per heavy atom. The maximum Gasteiger partial charge on any atom is 0.201 e. The molecule has 0 saturated heterocycles. The summed E-state index contributed by atoms with van der Waals surface area (Å²) in [5.41, 5.74) is 2.52. The maximum atomic E-state index is 7.62. The Labute approximate surface area is 264 Å². The zero-order valence-electron chi connectivity index (χ0n) is 29.2. The third-order valence-electron chi connectivity index (χ3n) is 13.5. The molecule has 0 bridgehead atoms. The molecule has 0 heterocycles. The van der Waals surface area contributed by atoms with Crippen LogP contribution in [0.3, 0.4) is 0 Å². The van der Waals surface area contributed by atoms with Gasteiger partial charge in [0, 0.05) is 12.2 Å². The van der Waals surface area contributed by atoms with Gasteiger partial charge >= 0.3 is 0 Å². The predicted molar refractivity (Wildman–Crippen MR) is 188 cm³/mol. The second-order valence-corrected chi connectivity index (χ2v) is 26.3. The van der Waals surface area contributed by atoms with Crippen molar-refractivity contribution < 1.29 is 8.85 Å². The summed E-state index contributed by atoms with van der Waals surface area (Å²) in [6.45, 7) is 28.0. The van der Waals surface area contributed by atoms with E-state index in [-0.39, 0.29) is 0 Å². The average Bonchev–Trinajstić information content (AvgIpc) is 3.47. The highest BCUT2D eigenvalue weighted by atomic mass is 28.4. The van der Waals surface area contributed by atoms with Crippen LogP contribution in [0, 0.1) is 35.5 Å². The summed E-state index contributed by atoms with van der Waals surface area (Å²) >= 11 is 0. The Hall–Kier alpha value is -0.166. The molecular weight excluding hydrogens is 545 g/mol. The minimum atomic E-state index is -1.94. The van der Waals surface area contributed by atoms with Gasteiger partial charge in [-0.3, -0.25) is 0 Å². The fraction of sp³-hybridized carbons (Fsp3) is 0.895. The molecule has 0 aromatic heterocycles. The van der Waals surface area contributed by atoms with Gasteiger partial charge in [0.15, 0.2) is 0 Å². The standard InChI is InChI=1S/C38H70O2Si2/c1-11-23-41(27(3)4,28(5)6)39-37-25-31-17-13-15-19-33(31)35(37)21-22-36-34-20-16-14-18-32(34)26-38(36)40-42(24-12-2,29(7)8)30(9)10/h11-12,27-38H,1-2,13-26H2,3-10H3. The first-order chi connectivity index (χ1) is 20.0. The van der Waals surface area contributed by atoms with E-state index in [4.69, 9.17) is 8.85 Å². The molecule has 0 aromatic carbocycles. The number of rotatable bonds is 15. The van der Waals surface area contributed by atoms with Crippen molar-refractivity contribution in [3.8, 4) is 0 Å². The Kier molecular flexibility index (Phi) is 12.4. The van der Waals surface area contributed by atoms with Crippen LogP contribution in [0.15, 0.2) is 25.3 Å². The minimum Gasteiger partial charge on any atom is -0.413 e. The number of fused-ring (bicyclic) bond motifs is 2. The van der Waals surface area contributed by atoms with E-state index in [1.807, 2.05) is 0 Å². The van der Waals surface area contributed by atoms with Gasteiger partial charge in [-0.25, -0.2) is 0 Å². The van der Waals surface area contributed by atoms with Crippen molar-refractivity contribution in [3.05, 3.63) is 25.3 Å². The summed E-state index contributed by atoms with van der Waals surface area (Å²) in [7, 11) is -3.87. The van der Waals surface area contributed by atoms with Crippen LogP contribution in [0.25, 0.3) is 0 Å². The number of hydrogen-bond acceptors (Lipinski definition) is 2. The van der Waals surface area contributed by atoms with Crippen LogP contribution in [-0.2, 0) is 8.85 Å². The molecule has 8 unspecified atom stereocenters. The lowest BCUT2D eigenvalue weighted by Crippen LogP contribution is -2.48. The highest BCUT2D eigenvalue weighted by Gasteiger charge is 2.53. The van der Waals surface area contributed by atoms with Crippen molar-refractivity contribution in [2.75, 3.05) is 0 Å². The summed E-state index contributed by atoms with van der Waals surface area (Å²) in [4.78, 5) is 0. The molecule has 4 fully saturated rings. The second-order valence-electron chi connectivity index (χ2n) is 16.6. The van der Waals surface area contributed by atoms with Gasteiger partial charge in [0.1, 0.15) is 0 Å². The van der Waals surface area contributed by atoms with Crippen molar-refractivity contribution in [1.29, 1.82) is 0 Å². The Balaban J connectivity index is 1.59. The highest BCUT2D eigenvalue weighted by molar-refractivity contribution is 6.77. The van der Waals surface area contributed by atoms with Crippen molar-refractivity contribution in [1.82, 2.24) is 0 Å². The maximum absolute atomic E-state index is 7.62. The van der Waals surface area contributed by atoms with Crippen molar-refractivity contribution in [2.24, 2.45) is 35.5 Å². The van der Waals surface area contributed by atoms with E-state index in [9.17, 15) is 0 Å². The molecule has 2 nitrogen and oxygen atoms in total. The second kappa shape index (κ2) is 14.9. The normalized spacial score (nSPS) is 33.9. The predicted octanol–water partition coefficient (Wildman–Crippen LogP) is 12.1. The van der Waals surface area contributed by atoms with Gasteiger partial charge in [-0.2, -0.15) is 0 Å². The SMILES string of the molecule is C=CC[Si](OC1CC2CCCCC2C1CCC1C(O[Si](CC=C)(C(C)C)C(C)C)CC2CCCCC21)(C(C)C)C(C)C. The lowest BCUT2D eigenvalue weighted by molar-refractivity contribution is 0.0802. The van der Waals surface area contributed by atoms with Crippen molar-refractivity contribution >= 4 is 16.6 Å². The average molecular weight is 615 g/mol. The molecule has 4 aliphatic carbocycles. The quantitative estimate of drug-likeness (QED) is 0.135. The zero-order chi connectivity index (χ0) is 30.7. The number of hydrogen-bond donors (Lipinski definition) is 0. The topological polar surface area (TPSA) is 18.5 Å². The largest absolute Gasteiger partial charge is 0.413 e. The molecule has 0 radical (unpaired) electrons. The molecule has 242 valence electrons. The van der Waals surface area contributed by atoms with Crippen LogP contribution in [0.4, 0.5) is 0 Å². The molecular formula is C38H70O2Si2. The first-order valence-corrected chi connectivity index (χ1v) is 23.1. The van der Waals surface area contributed by atoms with E-state index < -0.39 is 16.6 Å². The van der Waals surface area contributed by atoms with Crippen molar-refractivity contribution in [2.45, 2.75) is 179 Å². The van der Waals surface area contributed by atoms with Gasteiger partial charge in [0.25, 0.3) is 0 Å². The lowest BCUT2D eigenvalue weighted by atomic mass is 9.73. The zero-order valence-corrected chi connectivity index (χ0v) is 31.2. The van der Waals surface area contributed by atoms with Gasteiger partial charge in [-0.15, -0.1) is 13.2 Å². The monoisotopic (exact) mass is 614 g/mol. The van der Waals surface area contributed by atoms with Gasteiger partial charge in [0.05, 0.1) is 0 Å². The van der Waals surface area contributed by atoms with E-state index in [1.54, 1.807) is 0 Å². The fourth-order valence-corrected chi connectivity index (χ4v) is 19.5. The van der Waals surface area contributed by atoms with Gasteiger partial charge in [0.2, 0.25) is 16.6 Å².